The number of thiophene rings is 1. The third-order valence-electron chi connectivity index (χ3n) is 2.84. The highest BCUT2D eigenvalue weighted by Crippen LogP contribution is 2.30. The van der Waals surface area contributed by atoms with Crippen LogP contribution in [0, 0.1) is 0 Å². The first-order valence-electron chi connectivity index (χ1n) is 6.03. The lowest BCUT2D eigenvalue weighted by Crippen LogP contribution is -2.14. The SMILES string of the molecule is CC(C)(C)c1ccccc1NCc1csc(Br)c1. The Labute approximate surface area is 121 Å². The summed E-state index contributed by atoms with van der Waals surface area (Å²) in [5, 5.41) is 5.71. The van der Waals surface area contributed by atoms with Crippen molar-refractivity contribution in [1.29, 1.82) is 0 Å². The van der Waals surface area contributed by atoms with Gasteiger partial charge in [0.1, 0.15) is 0 Å². The molecule has 0 unspecified atom stereocenters. The van der Waals surface area contributed by atoms with E-state index in [4.69, 9.17) is 0 Å². The van der Waals surface area contributed by atoms with Crippen LogP contribution in [0.2, 0.25) is 0 Å². The molecule has 96 valence electrons. The van der Waals surface area contributed by atoms with Gasteiger partial charge in [0.05, 0.1) is 3.79 Å². The van der Waals surface area contributed by atoms with E-state index < -0.39 is 0 Å². The second-order valence-corrected chi connectivity index (χ2v) is 7.70. The first-order chi connectivity index (χ1) is 8.47. The van der Waals surface area contributed by atoms with Gasteiger partial charge in [0.25, 0.3) is 0 Å². The van der Waals surface area contributed by atoms with Crippen molar-refractivity contribution in [2.45, 2.75) is 32.7 Å². The standard InChI is InChI=1S/C15H18BrNS/c1-15(2,3)12-6-4-5-7-13(12)17-9-11-8-14(16)18-10-11/h4-8,10,17H,9H2,1-3H3. The van der Waals surface area contributed by atoms with Crippen molar-refractivity contribution in [2.75, 3.05) is 5.32 Å². The number of nitrogens with one attached hydrogen (secondary N) is 1. The Morgan fingerprint density at radius 1 is 1.22 bits per heavy atom. The smallest absolute Gasteiger partial charge is 0.0701 e. The molecule has 1 N–H and O–H groups in total. The van der Waals surface area contributed by atoms with Crippen LogP contribution in [0.4, 0.5) is 5.69 Å². The molecule has 0 saturated carbocycles. The highest BCUT2D eigenvalue weighted by atomic mass is 79.9. The number of anilines is 1. The minimum Gasteiger partial charge on any atom is -0.381 e. The predicted molar refractivity (Wildman–Crippen MR) is 84.5 cm³/mol. The maximum atomic E-state index is 3.54. The molecule has 0 aliphatic carbocycles. The van der Waals surface area contributed by atoms with Crippen LogP contribution in [0.5, 0.6) is 0 Å². The Hall–Kier alpha value is -0.800. The molecule has 2 rings (SSSR count). The summed E-state index contributed by atoms with van der Waals surface area (Å²) >= 11 is 5.22. The van der Waals surface area contributed by atoms with Crippen molar-refractivity contribution in [3.8, 4) is 0 Å². The summed E-state index contributed by atoms with van der Waals surface area (Å²) in [7, 11) is 0. The van der Waals surface area contributed by atoms with E-state index in [0.717, 1.165) is 6.54 Å². The van der Waals surface area contributed by atoms with Gasteiger partial charge < -0.3 is 5.32 Å². The number of rotatable bonds is 3. The van der Waals surface area contributed by atoms with Crippen LogP contribution in [0.1, 0.15) is 31.9 Å². The van der Waals surface area contributed by atoms with Gasteiger partial charge in [0.15, 0.2) is 0 Å². The zero-order valence-electron chi connectivity index (χ0n) is 11.0. The molecular weight excluding hydrogens is 306 g/mol. The molecule has 0 atom stereocenters. The Balaban J connectivity index is 2.14. The highest BCUT2D eigenvalue weighted by Gasteiger charge is 2.17. The molecule has 1 aromatic carbocycles. The van der Waals surface area contributed by atoms with E-state index in [1.165, 1.54) is 20.6 Å². The van der Waals surface area contributed by atoms with Crippen LogP contribution >= 0.6 is 27.3 Å². The van der Waals surface area contributed by atoms with Gasteiger partial charge in [-0.2, -0.15) is 0 Å². The maximum absolute atomic E-state index is 3.54. The molecule has 1 heterocycles. The van der Waals surface area contributed by atoms with E-state index in [9.17, 15) is 0 Å². The van der Waals surface area contributed by atoms with E-state index in [2.05, 4.69) is 77.7 Å². The molecule has 1 nitrogen and oxygen atoms in total. The number of hydrogen-bond acceptors (Lipinski definition) is 2. The van der Waals surface area contributed by atoms with Gasteiger partial charge in [0.2, 0.25) is 0 Å². The van der Waals surface area contributed by atoms with Crippen LogP contribution in [-0.4, -0.2) is 0 Å². The average Bonchev–Trinajstić information content (AvgIpc) is 2.72. The molecule has 0 saturated heterocycles. The third-order valence-corrected chi connectivity index (χ3v) is 4.39. The summed E-state index contributed by atoms with van der Waals surface area (Å²) < 4.78 is 1.18. The second-order valence-electron chi connectivity index (χ2n) is 5.41. The molecule has 2 aromatic rings. The van der Waals surface area contributed by atoms with Gasteiger partial charge in [-0.15, -0.1) is 11.3 Å². The number of hydrogen-bond donors (Lipinski definition) is 1. The predicted octanol–water partition coefficient (Wildman–Crippen LogP) is 5.42. The lowest BCUT2D eigenvalue weighted by atomic mass is 9.86. The molecule has 1 aromatic heterocycles. The van der Waals surface area contributed by atoms with Crippen LogP contribution in [0.3, 0.4) is 0 Å². The van der Waals surface area contributed by atoms with Gasteiger partial charge in [-0.1, -0.05) is 39.0 Å². The minimum absolute atomic E-state index is 0.165. The first-order valence-corrected chi connectivity index (χ1v) is 7.70. The van der Waals surface area contributed by atoms with Crippen LogP contribution in [0.25, 0.3) is 0 Å². The topological polar surface area (TPSA) is 12.0 Å². The summed E-state index contributed by atoms with van der Waals surface area (Å²) in [4.78, 5) is 0. The van der Waals surface area contributed by atoms with Crippen LogP contribution in [0.15, 0.2) is 39.5 Å². The lowest BCUT2D eigenvalue weighted by molar-refractivity contribution is 0.591. The van der Waals surface area contributed by atoms with Gasteiger partial charge in [-0.3, -0.25) is 0 Å². The monoisotopic (exact) mass is 323 g/mol. The highest BCUT2D eigenvalue weighted by molar-refractivity contribution is 9.11. The number of benzene rings is 1. The molecule has 0 aliphatic rings. The summed E-state index contributed by atoms with van der Waals surface area (Å²) in [6, 6.07) is 10.7. The number of halogens is 1. The minimum atomic E-state index is 0.165. The van der Waals surface area contributed by atoms with Crippen molar-refractivity contribution in [1.82, 2.24) is 0 Å². The van der Waals surface area contributed by atoms with Crippen molar-refractivity contribution in [2.24, 2.45) is 0 Å². The van der Waals surface area contributed by atoms with Crippen LogP contribution in [-0.2, 0) is 12.0 Å². The fourth-order valence-corrected chi connectivity index (χ4v) is 3.14. The van der Waals surface area contributed by atoms with Crippen molar-refractivity contribution < 1.29 is 0 Å². The second kappa shape index (κ2) is 5.45. The molecule has 0 bridgehead atoms. The molecule has 0 aliphatic heterocycles. The Morgan fingerprint density at radius 2 is 1.94 bits per heavy atom. The van der Waals surface area contributed by atoms with E-state index in [0.29, 0.717) is 0 Å². The zero-order valence-corrected chi connectivity index (χ0v) is 13.4. The van der Waals surface area contributed by atoms with Gasteiger partial charge in [-0.05, 0) is 50.0 Å². The van der Waals surface area contributed by atoms with Gasteiger partial charge in [-0.25, -0.2) is 0 Å². The maximum Gasteiger partial charge on any atom is 0.0701 e. The fraction of sp³-hybridized carbons (Fsp3) is 0.333. The van der Waals surface area contributed by atoms with E-state index >= 15 is 0 Å². The van der Waals surface area contributed by atoms with Crippen molar-refractivity contribution >= 4 is 33.0 Å². The number of para-hydroxylation sites is 1. The van der Waals surface area contributed by atoms with E-state index in [-0.39, 0.29) is 5.41 Å². The van der Waals surface area contributed by atoms with Crippen molar-refractivity contribution in [3.05, 3.63) is 50.6 Å². The lowest BCUT2D eigenvalue weighted by Gasteiger charge is -2.23. The third kappa shape index (κ3) is 3.36. The normalized spacial score (nSPS) is 11.6. The van der Waals surface area contributed by atoms with Gasteiger partial charge in [0, 0.05) is 12.2 Å². The average molecular weight is 324 g/mol. The molecule has 0 radical (unpaired) electrons. The van der Waals surface area contributed by atoms with Crippen molar-refractivity contribution in [3.63, 3.8) is 0 Å². The summed E-state index contributed by atoms with van der Waals surface area (Å²) in [6.07, 6.45) is 0. The zero-order chi connectivity index (χ0) is 13.2. The molecular formula is C15H18BrNS. The van der Waals surface area contributed by atoms with Crippen LogP contribution < -0.4 is 5.32 Å². The quantitative estimate of drug-likeness (QED) is 0.795. The van der Waals surface area contributed by atoms with E-state index in [1.807, 2.05) is 0 Å². The molecule has 0 spiro atoms. The fourth-order valence-electron chi connectivity index (χ4n) is 1.93. The largest absolute Gasteiger partial charge is 0.381 e. The first kappa shape index (κ1) is 13.6. The Morgan fingerprint density at radius 3 is 2.56 bits per heavy atom. The molecule has 18 heavy (non-hydrogen) atoms. The summed E-state index contributed by atoms with van der Waals surface area (Å²) in [6.45, 7) is 7.60. The van der Waals surface area contributed by atoms with Gasteiger partial charge >= 0.3 is 0 Å². The summed E-state index contributed by atoms with van der Waals surface area (Å²) in [5.74, 6) is 0. The Bertz CT molecular complexity index is 525. The Kier molecular flexibility index (Phi) is 4.13. The molecule has 3 heteroatoms. The molecule has 0 amide bonds. The molecule has 0 fully saturated rings. The summed E-state index contributed by atoms with van der Waals surface area (Å²) in [5.41, 5.74) is 4.07. The van der Waals surface area contributed by atoms with E-state index in [1.54, 1.807) is 11.3 Å².